The van der Waals surface area contributed by atoms with E-state index in [-0.39, 0.29) is 6.15 Å². The molecule has 3 nitrogen and oxygen atoms in total. The monoisotopic (exact) mass is 203 g/mol. The quantitative estimate of drug-likeness (QED) is 0.649. The fourth-order valence-electron chi connectivity index (χ4n) is 0.801. The molecule has 0 atom stereocenters. The Balaban J connectivity index is 0. The molecule has 1 aliphatic heterocycles. The van der Waals surface area contributed by atoms with Crippen LogP contribution in [0.4, 0.5) is 0 Å². The number of nitrogens with zero attached hydrogens (tertiary/aromatic N) is 1. The van der Waals surface area contributed by atoms with E-state index < -0.39 is 0 Å². The second-order valence-corrected chi connectivity index (χ2v) is 3.09. The molecule has 0 aromatic heterocycles. The second-order valence-electron chi connectivity index (χ2n) is 2.15. The molecule has 0 unspecified atom stereocenters. The van der Waals surface area contributed by atoms with E-state index in [2.05, 4.69) is 24.3 Å². The minimum Gasteiger partial charge on any atom is -0.298 e. The Morgan fingerprint density at radius 2 is 1.92 bits per heavy atom. The van der Waals surface area contributed by atoms with Crippen molar-refractivity contribution in [2.24, 2.45) is 0 Å². The van der Waals surface area contributed by atoms with Crippen molar-refractivity contribution in [1.82, 2.24) is 4.90 Å². The van der Waals surface area contributed by atoms with Gasteiger partial charge in [-0.2, -0.15) is 9.59 Å². The van der Waals surface area contributed by atoms with Gasteiger partial charge in [-0.3, -0.25) is 4.90 Å². The Kier molecular flexibility index (Phi) is 13.1. The number of hydrogen-bond acceptors (Lipinski definition) is 4. The summed E-state index contributed by atoms with van der Waals surface area (Å²) in [4.78, 5) is 20.1. The van der Waals surface area contributed by atoms with E-state index in [0.29, 0.717) is 0 Å². The SMILES string of the molecule is CC.CSC1=CCN(C)C1.O=C=O. The lowest BCUT2D eigenvalue weighted by Crippen LogP contribution is -2.13. The fourth-order valence-corrected chi connectivity index (χ4v) is 1.39. The molecule has 0 saturated heterocycles. The van der Waals surface area contributed by atoms with E-state index in [4.69, 9.17) is 9.59 Å². The molecule has 4 heteroatoms. The summed E-state index contributed by atoms with van der Waals surface area (Å²) in [6.45, 7) is 6.29. The molecule has 0 aromatic carbocycles. The summed E-state index contributed by atoms with van der Waals surface area (Å²) in [6, 6.07) is 0. The van der Waals surface area contributed by atoms with Crippen LogP contribution in [0.1, 0.15) is 13.8 Å². The first-order valence-electron chi connectivity index (χ1n) is 4.15. The maximum atomic E-state index is 8.12. The lowest BCUT2D eigenvalue weighted by Gasteiger charge is -2.04. The predicted molar refractivity (Wildman–Crippen MR) is 55.5 cm³/mol. The van der Waals surface area contributed by atoms with Crippen molar-refractivity contribution in [1.29, 1.82) is 0 Å². The van der Waals surface area contributed by atoms with Crippen molar-refractivity contribution in [2.75, 3.05) is 26.4 Å². The summed E-state index contributed by atoms with van der Waals surface area (Å²) in [5.41, 5.74) is 0. The summed E-state index contributed by atoms with van der Waals surface area (Å²) in [5.74, 6) is 0. The van der Waals surface area contributed by atoms with E-state index in [0.717, 1.165) is 13.1 Å². The number of hydrogen-bond donors (Lipinski definition) is 0. The second kappa shape index (κ2) is 11.4. The Labute approximate surface area is 84.2 Å². The van der Waals surface area contributed by atoms with Crippen LogP contribution < -0.4 is 0 Å². The molecule has 76 valence electrons. The molecule has 0 amide bonds. The average Bonchev–Trinajstić information content (AvgIpc) is 2.56. The van der Waals surface area contributed by atoms with Crippen molar-refractivity contribution >= 4 is 17.9 Å². The zero-order valence-corrected chi connectivity index (χ0v) is 9.48. The van der Waals surface area contributed by atoms with Gasteiger partial charge in [-0.05, 0) is 18.2 Å². The number of likely N-dealkylation sites (N-methyl/N-ethyl adjacent to an activating group) is 1. The molecule has 1 aliphatic rings. The van der Waals surface area contributed by atoms with E-state index in [9.17, 15) is 0 Å². The predicted octanol–water partition coefficient (Wildman–Crippen LogP) is 1.62. The van der Waals surface area contributed by atoms with Crippen LogP contribution >= 0.6 is 11.8 Å². The third kappa shape index (κ3) is 9.34. The fraction of sp³-hybridized carbons (Fsp3) is 0.667. The summed E-state index contributed by atoms with van der Waals surface area (Å²) in [5, 5.41) is 0. The van der Waals surface area contributed by atoms with Crippen molar-refractivity contribution < 1.29 is 9.59 Å². The molecule has 13 heavy (non-hydrogen) atoms. The molecular weight excluding hydrogens is 186 g/mol. The number of carbonyl (C=O) groups excluding carboxylic acids is 2. The lowest BCUT2D eigenvalue weighted by molar-refractivity contribution is -0.191. The van der Waals surface area contributed by atoms with Crippen LogP contribution in [0.3, 0.4) is 0 Å². The van der Waals surface area contributed by atoms with Crippen LogP contribution in [0, 0.1) is 0 Å². The molecule has 0 bridgehead atoms. The third-order valence-electron chi connectivity index (χ3n) is 1.32. The highest BCUT2D eigenvalue weighted by atomic mass is 32.2. The van der Waals surface area contributed by atoms with Gasteiger partial charge >= 0.3 is 6.15 Å². The molecular formula is C9H17NO2S. The minimum absolute atomic E-state index is 0.250. The molecule has 1 rings (SSSR count). The van der Waals surface area contributed by atoms with Crippen molar-refractivity contribution in [3.8, 4) is 0 Å². The number of rotatable bonds is 1. The standard InChI is InChI=1S/C6H11NS.C2H6.CO2/c1-7-4-3-6(5-7)8-2;1-2;2-1-3/h3H,4-5H2,1-2H3;1-2H3;. The van der Waals surface area contributed by atoms with Gasteiger partial charge in [0.25, 0.3) is 0 Å². The highest BCUT2D eigenvalue weighted by Crippen LogP contribution is 2.16. The Bertz CT molecular complexity index is 174. The summed E-state index contributed by atoms with van der Waals surface area (Å²) in [7, 11) is 2.14. The molecule has 0 spiro atoms. The van der Waals surface area contributed by atoms with Crippen LogP contribution in [-0.2, 0) is 9.59 Å². The zero-order chi connectivity index (χ0) is 10.7. The van der Waals surface area contributed by atoms with Gasteiger partial charge in [0.05, 0.1) is 0 Å². The van der Waals surface area contributed by atoms with Gasteiger partial charge < -0.3 is 0 Å². The van der Waals surface area contributed by atoms with Gasteiger partial charge in [-0.15, -0.1) is 11.8 Å². The average molecular weight is 203 g/mol. The number of thioether (sulfide) groups is 1. The van der Waals surface area contributed by atoms with Crippen LogP contribution in [-0.4, -0.2) is 37.4 Å². The van der Waals surface area contributed by atoms with Gasteiger partial charge in [-0.25, -0.2) is 0 Å². The molecule has 0 radical (unpaired) electrons. The topological polar surface area (TPSA) is 37.4 Å². The van der Waals surface area contributed by atoms with Crippen LogP contribution in [0.2, 0.25) is 0 Å². The smallest absolute Gasteiger partial charge is 0.298 e. The maximum Gasteiger partial charge on any atom is 0.373 e. The van der Waals surface area contributed by atoms with Crippen LogP contribution in [0.15, 0.2) is 11.0 Å². The van der Waals surface area contributed by atoms with Crippen molar-refractivity contribution in [2.45, 2.75) is 13.8 Å². The minimum atomic E-state index is 0.250. The Morgan fingerprint density at radius 1 is 1.46 bits per heavy atom. The van der Waals surface area contributed by atoms with Gasteiger partial charge in [0, 0.05) is 13.1 Å². The highest BCUT2D eigenvalue weighted by Gasteiger charge is 2.06. The van der Waals surface area contributed by atoms with Gasteiger partial charge in [0.1, 0.15) is 0 Å². The van der Waals surface area contributed by atoms with Crippen LogP contribution in [0.5, 0.6) is 0 Å². The van der Waals surface area contributed by atoms with Crippen molar-refractivity contribution in [3.63, 3.8) is 0 Å². The van der Waals surface area contributed by atoms with E-state index in [1.54, 1.807) is 0 Å². The zero-order valence-electron chi connectivity index (χ0n) is 8.66. The summed E-state index contributed by atoms with van der Waals surface area (Å²) in [6.07, 6.45) is 4.66. The molecule has 0 fully saturated rings. The van der Waals surface area contributed by atoms with Crippen molar-refractivity contribution in [3.05, 3.63) is 11.0 Å². The molecule has 1 heterocycles. The van der Waals surface area contributed by atoms with E-state index in [1.807, 2.05) is 25.6 Å². The first-order valence-corrected chi connectivity index (χ1v) is 5.38. The first kappa shape index (κ1) is 14.9. The van der Waals surface area contributed by atoms with Gasteiger partial charge in [0.15, 0.2) is 0 Å². The molecule has 0 N–H and O–H groups in total. The molecule has 0 saturated carbocycles. The van der Waals surface area contributed by atoms with Gasteiger partial charge in [0.2, 0.25) is 0 Å². The van der Waals surface area contributed by atoms with Crippen LogP contribution in [0.25, 0.3) is 0 Å². The third-order valence-corrected chi connectivity index (χ3v) is 2.14. The highest BCUT2D eigenvalue weighted by molar-refractivity contribution is 8.02. The lowest BCUT2D eigenvalue weighted by atomic mass is 10.6. The molecule has 0 aromatic rings. The Morgan fingerprint density at radius 3 is 2.08 bits per heavy atom. The Hall–Kier alpha value is -0.570. The summed E-state index contributed by atoms with van der Waals surface area (Å²) < 4.78 is 0. The largest absolute Gasteiger partial charge is 0.373 e. The molecule has 0 aliphatic carbocycles. The van der Waals surface area contributed by atoms with Gasteiger partial charge in [-0.1, -0.05) is 19.9 Å². The normalized spacial score (nSPS) is 14.3. The first-order chi connectivity index (χ1) is 6.24. The van der Waals surface area contributed by atoms with E-state index in [1.165, 1.54) is 4.91 Å². The summed E-state index contributed by atoms with van der Waals surface area (Å²) >= 11 is 1.86. The van der Waals surface area contributed by atoms with E-state index >= 15 is 0 Å². The maximum absolute atomic E-state index is 8.12.